The zero-order valence-corrected chi connectivity index (χ0v) is 11.7. The van der Waals surface area contributed by atoms with Crippen molar-refractivity contribution in [2.24, 2.45) is 0 Å². The number of ether oxygens (including phenoxy) is 1. The summed E-state index contributed by atoms with van der Waals surface area (Å²) in [4.78, 5) is 11.7. The van der Waals surface area contributed by atoms with Gasteiger partial charge in [0.2, 0.25) is 5.91 Å². The molecule has 0 heterocycles. The van der Waals surface area contributed by atoms with E-state index in [9.17, 15) is 13.6 Å². The number of hydrogen-bond donors (Lipinski definition) is 2. The Morgan fingerprint density at radius 1 is 1.40 bits per heavy atom. The highest BCUT2D eigenvalue weighted by molar-refractivity contribution is 5.78. The van der Waals surface area contributed by atoms with Crippen molar-refractivity contribution in [3.8, 4) is 0 Å². The molecule has 2 N–H and O–H groups in total. The smallest absolute Gasteiger partial charge is 0.234 e. The van der Waals surface area contributed by atoms with Crippen LogP contribution >= 0.6 is 0 Å². The summed E-state index contributed by atoms with van der Waals surface area (Å²) in [6, 6.07) is 2.69. The van der Waals surface area contributed by atoms with E-state index in [1.807, 2.05) is 0 Å². The number of halogens is 2. The van der Waals surface area contributed by atoms with Gasteiger partial charge in [-0.3, -0.25) is 4.79 Å². The maximum atomic E-state index is 13.7. The Hall–Kier alpha value is -1.53. The molecular weight excluding hydrogens is 266 g/mol. The zero-order valence-electron chi connectivity index (χ0n) is 11.7. The molecule has 6 heteroatoms. The Morgan fingerprint density at radius 3 is 2.80 bits per heavy atom. The van der Waals surface area contributed by atoms with E-state index in [0.717, 1.165) is 18.2 Å². The molecule has 0 fully saturated rings. The molecule has 0 aliphatic rings. The second-order valence-corrected chi connectivity index (χ2v) is 4.36. The number of rotatable bonds is 8. The number of benzene rings is 1. The largest absolute Gasteiger partial charge is 0.383 e. The van der Waals surface area contributed by atoms with Crippen LogP contribution in [0.2, 0.25) is 0 Å². The maximum Gasteiger partial charge on any atom is 0.234 e. The Morgan fingerprint density at radius 2 is 2.15 bits per heavy atom. The fourth-order valence-electron chi connectivity index (χ4n) is 1.80. The molecule has 112 valence electrons. The van der Waals surface area contributed by atoms with Gasteiger partial charge in [-0.15, -0.1) is 0 Å². The van der Waals surface area contributed by atoms with Crippen molar-refractivity contribution in [2.45, 2.75) is 19.4 Å². The fourth-order valence-corrected chi connectivity index (χ4v) is 1.80. The number of nitrogens with one attached hydrogen (secondary N) is 2. The van der Waals surface area contributed by atoms with Gasteiger partial charge in [0, 0.05) is 19.2 Å². The Bertz CT molecular complexity index is 441. The van der Waals surface area contributed by atoms with Crippen molar-refractivity contribution in [2.75, 3.05) is 26.8 Å². The van der Waals surface area contributed by atoms with E-state index in [1.54, 1.807) is 14.0 Å². The van der Waals surface area contributed by atoms with Gasteiger partial charge in [-0.1, -0.05) is 6.92 Å². The van der Waals surface area contributed by atoms with Gasteiger partial charge in [0.15, 0.2) is 0 Å². The number of methoxy groups -OCH3 is 1. The van der Waals surface area contributed by atoms with E-state index >= 15 is 0 Å². The lowest BCUT2D eigenvalue weighted by molar-refractivity contribution is -0.121. The lowest BCUT2D eigenvalue weighted by Crippen LogP contribution is -2.37. The molecule has 0 aromatic heterocycles. The second kappa shape index (κ2) is 8.60. The highest BCUT2D eigenvalue weighted by Gasteiger charge is 2.17. The summed E-state index contributed by atoms with van der Waals surface area (Å²) in [6.07, 6.45) is 0.476. The average Bonchev–Trinajstić information content (AvgIpc) is 2.44. The minimum Gasteiger partial charge on any atom is -0.383 e. The van der Waals surface area contributed by atoms with Crippen LogP contribution in [0.4, 0.5) is 8.78 Å². The van der Waals surface area contributed by atoms with Gasteiger partial charge in [-0.25, -0.2) is 8.78 Å². The highest BCUT2D eigenvalue weighted by Crippen LogP contribution is 2.20. The van der Waals surface area contributed by atoms with Gasteiger partial charge in [0.05, 0.1) is 19.2 Å². The monoisotopic (exact) mass is 286 g/mol. The summed E-state index contributed by atoms with van der Waals surface area (Å²) in [5, 5.41) is 5.57. The number of hydrogen-bond acceptors (Lipinski definition) is 3. The third-order valence-electron chi connectivity index (χ3n) is 2.85. The Balaban J connectivity index is 2.58. The molecular formula is C14H20F2N2O2. The standard InChI is InChI=1S/C14H20F2N2O2/c1-3-13(11-8-10(15)4-5-12(11)16)18-14(19)9-17-6-7-20-2/h4-5,8,13,17H,3,6-7,9H2,1-2H3,(H,18,19). The zero-order chi connectivity index (χ0) is 15.0. The molecule has 0 bridgehead atoms. The van der Waals surface area contributed by atoms with Crippen molar-refractivity contribution < 1.29 is 18.3 Å². The summed E-state index contributed by atoms with van der Waals surface area (Å²) in [5.74, 6) is -1.31. The van der Waals surface area contributed by atoms with Crippen LogP contribution in [-0.4, -0.2) is 32.7 Å². The predicted octanol–water partition coefficient (Wildman–Crippen LogP) is 1.77. The first-order valence-corrected chi connectivity index (χ1v) is 6.52. The van der Waals surface area contributed by atoms with Gasteiger partial charge < -0.3 is 15.4 Å². The first kappa shape index (κ1) is 16.5. The first-order chi connectivity index (χ1) is 9.58. The summed E-state index contributed by atoms with van der Waals surface area (Å²) >= 11 is 0. The molecule has 0 aliphatic carbocycles. The number of carbonyl (C=O) groups excluding carboxylic acids is 1. The molecule has 1 unspecified atom stereocenters. The van der Waals surface area contributed by atoms with Crippen LogP contribution in [0.15, 0.2) is 18.2 Å². The summed E-state index contributed by atoms with van der Waals surface area (Å²) < 4.78 is 31.7. The van der Waals surface area contributed by atoms with Crippen molar-refractivity contribution >= 4 is 5.91 Å². The van der Waals surface area contributed by atoms with Crippen LogP contribution in [0.25, 0.3) is 0 Å². The SMILES string of the molecule is CCC(NC(=O)CNCCOC)c1cc(F)ccc1F. The Kier molecular flexibility index (Phi) is 7.11. The summed E-state index contributed by atoms with van der Waals surface area (Å²) in [5.41, 5.74) is 0.165. The van der Waals surface area contributed by atoms with Gasteiger partial charge in [-0.05, 0) is 24.6 Å². The molecule has 0 saturated carbocycles. The molecule has 1 aromatic rings. The normalized spacial score (nSPS) is 12.2. The molecule has 0 spiro atoms. The highest BCUT2D eigenvalue weighted by atomic mass is 19.1. The van der Waals surface area contributed by atoms with Crippen LogP contribution in [-0.2, 0) is 9.53 Å². The number of carbonyl (C=O) groups is 1. The predicted molar refractivity (Wildman–Crippen MR) is 72.3 cm³/mol. The van der Waals surface area contributed by atoms with Crippen molar-refractivity contribution in [1.82, 2.24) is 10.6 Å². The van der Waals surface area contributed by atoms with Gasteiger partial charge in [0.1, 0.15) is 11.6 Å². The van der Waals surface area contributed by atoms with Gasteiger partial charge in [-0.2, -0.15) is 0 Å². The molecule has 20 heavy (non-hydrogen) atoms. The minimum atomic E-state index is -0.539. The van der Waals surface area contributed by atoms with Gasteiger partial charge in [0.25, 0.3) is 0 Å². The average molecular weight is 286 g/mol. The molecule has 0 saturated heterocycles. The van der Waals surface area contributed by atoms with E-state index in [0.29, 0.717) is 19.6 Å². The second-order valence-electron chi connectivity index (χ2n) is 4.36. The lowest BCUT2D eigenvalue weighted by Gasteiger charge is -2.18. The first-order valence-electron chi connectivity index (χ1n) is 6.52. The fraction of sp³-hybridized carbons (Fsp3) is 0.500. The molecule has 1 aromatic carbocycles. The minimum absolute atomic E-state index is 0.108. The van der Waals surface area contributed by atoms with Crippen LogP contribution < -0.4 is 10.6 Å². The molecule has 1 amide bonds. The maximum absolute atomic E-state index is 13.7. The van der Waals surface area contributed by atoms with Crippen LogP contribution in [0.3, 0.4) is 0 Å². The van der Waals surface area contributed by atoms with E-state index in [-0.39, 0.29) is 18.0 Å². The van der Waals surface area contributed by atoms with Crippen LogP contribution in [0.5, 0.6) is 0 Å². The summed E-state index contributed by atoms with van der Waals surface area (Å²) in [7, 11) is 1.57. The number of amides is 1. The molecule has 1 rings (SSSR count). The van der Waals surface area contributed by atoms with Gasteiger partial charge >= 0.3 is 0 Å². The van der Waals surface area contributed by atoms with Crippen molar-refractivity contribution in [3.05, 3.63) is 35.4 Å². The van der Waals surface area contributed by atoms with Crippen LogP contribution in [0.1, 0.15) is 24.9 Å². The van der Waals surface area contributed by atoms with E-state index in [4.69, 9.17) is 4.74 Å². The third-order valence-corrected chi connectivity index (χ3v) is 2.85. The third kappa shape index (κ3) is 5.22. The lowest BCUT2D eigenvalue weighted by atomic mass is 10.0. The quantitative estimate of drug-likeness (QED) is 0.716. The molecule has 0 radical (unpaired) electrons. The molecule has 4 nitrogen and oxygen atoms in total. The van der Waals surface area contributed by atoms with Crippen molar-refractivity contribution in [3.63, 3.8) is 0 Å². The van der Waals surface area contributed by atoms with Crippen LogP contribution in [0, 0.1) is 11.6 Å². The topological polar surface area (TPSA) is 50.4 Å². The summed E-state index contributed by atoms with van der Waals surface area (Å²) in [6.45, 7) is 2.96. The van der Waals surface area contributed by atoms with Crippen molar-refractivity contribution in [1.29, 1.82) is 0 Å². The van der Waals surface area contributed by atoms with E-state index in [1.165, 1.54) is 0 Å². The molecule has 1 atom stereocenters. The molecule has 0 aliphatic heterocycles. The Labute approximate surface area is 117 Å². The van der Waals surface area contributed by atoms with E-state index < -0.39 is 17.7 Å². The van der Waals surface area contributed by atoms with E-state index in [2.05, 4.69) is 10.6 Å².